The van der Waals surface area contributed by atoms with Crippen molar-refractivity contribution >= 4 is 13.7 Å². The summed E-state index contributed by atoms with van der Waals surface area (Å²) in [5.41, 5.74) is 5.39. The zero-order chi connectivity index (χ0) is 43.3. The minimum absolute atomic E-state index is 0.0593. The normalized spacial score (nSPS) is 14.6. The number of carbonyl (C=O) groups is 1. The van der Waals surface area contributed by atoms with E-state index >= 15 is 0 Å². The first-order valence-electron chi connectivity index (χ1n) is 25.0. The molecular weight excluding hydrogens is 760 g/mol. The average Bonchev–Trinajstić information content (AvgIpc) is 3.21. The average molecular weight is 857 g/mol. The lowest BCUT2D eigenvalue weighted by molar-refractivity contribution is -0.125. The predicted molar refractivity (Wildman–Crippen MR) is 251 cm³/mol. The van der Waals surface area contributed by atoms with E-state index in [2.05, 4.69) is 43.5 Å². The summed E-state index contributed by atoms with van der Waals surface area (Å²) in [7, 11) is -4.38. The van der Waals surface area contributed by atoms with Gasteiger partial charge in [0.1, 0.15) is 0 Å². The predicted octanol–water partition coefficient (Wildman–Crippen LogP) is 13.5. The maximum absolute atomic E-state index is 12.9. The fourth-order valence-corrected chi connectivity index (χ4v) is 8.34. The van der Waals surface area contributed by atoms with Gasteiger partial charge in [-0.15, -0.1) is 0 Å². The fraction of sp³-hybridized carbons (Fsp3) is 0.898. The van der Waals surface area contributed by atoms with Gasteiger partial charge in [0.05, 0.1) is 37.9 Å². The highest BCUT2D eigenvalue weighted by Gasteiger charge is 2.28. The molecule has 0 spiro atoms. The smallest absolute Gasteiger partial charge is 0.393 e. The van der Waals surface area contributed by atoms with E-state index < -0.39 is 32.0 Å². The highest BCUT2D eigenvalue weighted by Crippen LogP contribution is 2.43. The molecule has 4 unspecified atom stereocenters. The Kier molecular flexibility index (Phi) is 44.2. The first-order chi connectivity index (χ1) is 28.8. The highest BCUT2D eigenvalue weighted by molar-refractivity contribution is 7.47. The Morgan fingerprint density at radius 3 is 1.39 bits per heavy atom. The topological polar surface area (TPSA) is 151 Å². The number of hydrogen-bond donors (Lipinski definition) is 5. The zero-order valence-corrected chi connectivity index (χ0v) is 39.5. The third-order valence-corrected chi connectivity index (χ3v) is 12.4. The van der Waals surface area contributed by atoms with Crippen LogP contribution in [-0.2, 0) is 18.4 Å². The van der Waals surface area contributed by atoms with Crippen molar-refractivity contribution < 1.29 is 33.5 Å². The number of amides is 1. The molecule has 0 aliphatic carbocycles. The van der Waals surface area contributed by atoms with Crippen LogP contribution in [0.15, 0.2) is 24.3 Å². The summed E-state index contributed by atoms with van der Waals surface area (Å²) in [6.45, 7) is 4.04. The number of carbonyl (C=O) groups excluding carboxylic acids is 1. The zero-order valence-electron chi connectivity index (χ0n) is 38.6. The number of phosphoric ester groups is 1. The maximum atomic E-state index is 12.9. The number of allylic oxidation sites excluding steroid dienone is 4. The number of hydrogen-bond acceptors (Lipinski definition) is 7. The molecular formula is C49H97N2O7P. The van der Waals surface area contributed by atoms with Gasteiger partial charge in [0.15, 0.2) is 0 Å². The van der Waals surface area contributed by atoms with Crippen LogP contribution in [0.4, 0.5) is 0 Å². The van der Waals surface area contributed by atoms with Gasteiger partial charge in [-0.1, -0.05) is 224 Å². The highest BCUT2D eigenvalue weighted by atomic mass is 31.2. The Bertz CT molecular complexity index is 997. The summed E-state index contributed by atoms with van der Waals surface area (Å²) in [6, 6.07) is -0.898. The van der Waals surface area contributed by atoms with E-state index in [0.717, 1.165) is 44.9 Å². The second kappa shape index (κ2) is 45.0. The molecule has 0 radical (unpaired) electrons. The van der Waals surface area contributed by atoms with Crippen LogP contribution in [0.1, 0.15) is 245 Å². The van der Waals surface area contributed by atoms with Crippen LogP contribution in [0, 0.1) is 0 Å². The number of nitrogens with two attached hydrogens (primary N) is 1. The van der Waals surface area contributed by atoms with Crippen LogP contribution in [-0.4, -0.2) is 59.0 Å². The minimum Gasteiger partial charge on any atom is -0.393 e. The molecule has 0 bridgehead atoms. The summed E-state index contributed by atoms with van der Waals surface area (Å²) < 4.78 is 22.2. The van der Waals surface area contributed by atoms with Crippen molar-refractivity contribution in [2.24, 2.45) is 5.73 Å². The molecule has 0 aromatic rings. The largest absolute Gasteiger partial charge is 0.472 e. The van der Waals surface area contributed by atoms with Crippen molar-refractivity contribution in [2.75, 3.05) is 19.8 Å². The summed E-state index contributed by atoms with van der Waals surface area (Å²) in [5.74, 6) is -0.415. The van der Waals surface area contributed by atoms with Gasteiger partial charge in [-0.2, -0.15) is 0 Å². The van der Waals surface area contributed by atoms with Gasteiger partial charge in [-0.25, -0.2) is 4.57 Å². The fourth-order valence-electron chi connectivity index (χ4n) is 7.58. The molecule has 4 atom stereocenters. The minimum atomic E-state index is -4.38. The Hall–Kier alpha value is -1.06. The summed E-state index contributed by atoms with van der Waals surface area (Å²) in [6.07, 6.45) is 49.3. The standard InChI is InChI=1S/C49H97N2O7P/c1-3-5-7-9-11-13-15-17-19-21-22-23-25-27-29-31-33-35-37-39-41-48(53)47(45-58-59(55,56)57-43-42-50)51-49(54)44-46(52)40-38-36-34-32-30-28-26-24-20-18-16-14-12-10-8-6-4-2/h12,14,16,18,46-48,52-53H,3-11,13,15,17,19-45,50H2,1-2H3,(H,51,54)(H,55,56)/b14-12-,18-16-. The van der Waals surface area contributed by atoms with Gasteiger partial charge in [0.2, 0.25) is 5.91 Å². The van der Waals surface area contributed by atoms with Gasteiger partial charge in [0.25, 0.3) is 0 Å². The molecule has 6 N–H and O–H groups in total. The Morgan fingerprint density at radius 1 is 0.576 bits per heavy atom. The van der Waals surface area contributed by atoms with E-state index in [1.165, 1.54) is 167 Å². The number of aliphatic hydroxyl groups excluding tert-OH is 2. The van der Waals surface area contributed by atoms with Crippen LogP contribution in [0.5, 0.6) is 0 Å². The third kappa shape index (κ3) is 43.4. The lowest BCUT2D eigenvalue weighted by atomic mass is 10.0. The van der Waals surface area contributed by atoms with E-state index in [1.54, 1.807) is 0 Å². The second-order valence-electron chi connectivity index (χ2n) is 17.2. The number of rotatable bonds is 47. The van der Waals surface area contributed by atoms with E-state index in [4.69, 9.17) is 14.8 Å². The molecule has 1 amide bonds. The van der Waals surface area contributed by atoms with Gasteiger partial charge >= 0.3 is 7.82 Å². The lowest BCUT2D eigenvalue weighted by Crippen LogP contribution is -2.47. The molecule has 9 nitrogen and oxygen atoms in total. The molecule has 0 fully saturated rings. The van der Waals surface area contributed by atoms with E-state index in [-0.39, 0.29) is 26.2 Å². The third-order valence-electron chi connectivity index (χ3n) is 11.4. The van der Waals surface area contributed by atoms with Crippen LogP contribution in [0.3, 0.4) is 0 Å². The van der Waals surface area contributed by atoms with E-state index in [1.807, 2.05) is 0 Å². The number of unbranched alkanes of at least 4 members (excludes halogenated alkanes) is 30. The molecule has 0 heterocycles. The molecule has 0 aromatic carbocycles. The quantitative estimate of drug-likeness (QED) is 0.0230. The SMILES string of the molecule is CCCCC/C=C\C=C/CCCCCCCCCCC(O)CC(=O)NC(COP(=O)(O)OCCN)C(O)CCCCCCCCCCCCCCCCCCCCCC. The summed E-state index contributed by atoms with van der Waals surface area (Å²) in [5, 5.41) is 24.3. The van der Waals surface area contributed by atoms with Crippen LogP contribution in [0.25, 0.3) is 0 Å². The van der Waals surface area contributed by atoms with Crippen LogP contribution < -0.4 is 11.1 Å². The van der Waals surface area contributed by atoms with E-state index in [0.29, 0.717) is 12.8 Å². The first kappa shape index (κ1) is 57.9. The van der Waals surface area contributed by atoms with Crippen LogP contribution >= 0.6 is 7.82 Å². The first-order valence-corrected chi connectivity index (χ1v) is 26.5. The van der Waals surface area contributed by atoms with Crippen molar-refractivity contribution in [3.63, 3.8) is 0 Å². The second-order valence-corrected chi connectivity index (χ2v) is 18.7. The van der Waals surface area contributed by atoms with Gasteiger partial charge < -0.3 is 26.2 Å². The van der Waals surface area contributed by atoms with Gasteiger partial charge in [0, 0.05) is 6.54 Å². The number of phosphoric acid groups is 1. The van der Waals surface area contributed by atoms with Gasteiger partial charge in [-0.3, -0.25) is 13.8 Å². The molecule has 0 aliphatic rings. The number of nitrogens with one attached hydrogen (secondary N) is 1. The molecule has 0 aromatic heterocycles. The summed E-state index contributed by atoms with van der Waals surface area (Å²) >= 11 is 0. The molecule has 0 saturated carbocycles. The van der Waals surface area contributed by atoms with Crippen molar-refractivity contribution in [1.82, 2.24) is 5.32 Å². The van der Waals surface area contributed by atoms with Gasteiger partial charge in [-0.05, 0) is 38.5 Å². The number of aliphatic hydroxyl groups is 2. The molecule has 0 rings (SSSR count). The Morgan fingerprint density at radius 2 is 0.949 bits per heavy atom. The van der Waals surface area contributed by atoms with Crippen molar-refractivity contribution in [1.29, 1.82) is 0 Å². The molecule has 350 valence electrons. The molecule has 0 saturated heterocycles. The maximum Gasteiger partial charge on any atom is 0.472 e. The molecule has 10 heteroatoms. The van der Waals surface area contributed by atoms with Crippen molar-refractivity contribution in [3.8, 4) is 0 Å². The van der Waals surface area contributed by atoms with Crippen molar-refractivity contribution in [3.05, 3.63) is 24.3 Å². The molecule has 59 heavy (non-hydrogen) atoms. The molecule has 0 aliphatic heterocycles. The Labute approximate surface area is 364 Å². The van der Waals surface area contributed by atoms with E-state index in [9.17, 15) is 24.5 Å². The lowest BCUT2D eigenvalue weighted by Gasteiger charge is -2.25. The monoisotopic (exact) mass is 857 g/mol. The summed E-state index contributed by atoms with van der Waals surface area (Å²) in [4.78, 5) is 22.9. The van der Waals surface area contributed by atoms with Crippen molar-refractivity contribution in [2.45, 2.75) is 263 Å². The van der Waals surface area contributed by atoms with Crippen LogP contribution in [0.2, 0.25) is 0 Å². The Balaban J connectivity index is 4.17.